The molecular weight excluding hydrogens is 562 g/mol. The fourth-order valence-electron chi connectivity index (χ4n) is 6.26. The monoisotopic (exact) mass is 600 g/mol. The SMILES string of the molecule is O=C(NC(CO)C1CCOCC1)[C@H]1CC[C@H](Oc2cc(-n3c(C(F)F)nc4ccccc43)nc(N3CCOCC3)n2)CC1. The molecule has 11 nitrogen and oxygen atoms in total. The average molecular weight is 601 g/mol. The number of anilines is 1. The molecule has 13 heteroatoms. The van der Waals surface area contributed by atoms with E-state index in [1.807, 2.05) is 4.90 Å². The third-order valence-electron chi connectivity index (χ3n) is 8.67. The molecule has 232 valence electrons. The van der Waals surface area contributed by atoms with Crippen LogP contribution in [0.25, 0.3) is 16.9 Å². The van der Waals surface area contributed by atoms with Crippen LogP contribution in [-0.4, -0.2) is 88.8 Å². The second-order valence-electron chi connectivity index (χ2n) is 11.4. The Hall–Kier alpha value is -3.42. The number of carbonyl (C=O) groups is 1. The highest BCUT2D eigenvalue weighted by Crippen LogP contribution is 2.32. The summed E-state index contributed by atoms with van der Waals surface area (Å²) in [5.74, 6) is 0.549. The number of carbonyl (C=O) groups excluding carboxylic acids is 1. The number of halogens is 2. The quantitative estimate of drug-likeness (QED) is 0.380. The lowest BCUT2D eigenvalue weighted by molar-refractivity contribution is -0.128. The van der Waals surface area contributed by atoms with Gasteiger partial charge in [-0.25, -0.2) is 13.8 Å². The summed E-state index contributed by atoms with van der Waals surface area (Å²) in [6, 6.07) is 8.29. The largest absolute Gasteiger partial charge is 0.474 e. The molecule has 4 heterocycles. The number of fused-ring (bicyclic) bond motifs is 1. The van der Waals surface area contributed by atoms with E-state index in [9.17, 15) is 18.7 Å². The predicted octanol–water partition coefficient (Wildman–Crippen LogP) is 3.43. The summed E-state index contributed by atoms with van der Waals surface area (Å²) in [6.45, 7) is 3.37. The molecular formula is C30H38F2N6O5. The molecule has 1 atom stereocenters. The minimum absolute atomic E-state index is 0.0329. The van der Waals surface area contributed by atoms with E-state index >= 15 is 0 Å². The van der Waals surface area contributed by atoms with Gasteiger partial charge < -0.3 is 29.5 Å². The number of morpholine rings is 1. The second-order valence-corrected chi connectivity index (χ2v) is 11.4. The van der Waals surface area contributed by atoms with Crippen molar-refractivity contribution in [2.45, 2.75) is 57.1 Å². The number of amides is 1. The lowest BCUT2D eigenvalue weighted by atomic mass is 9.85. The van der Waals surface area contributed by atoms with Gasteiger partial charge in [-0.3, -0.25) is 9.36 Å². The zero-order valence-corrected chi connectivity index (χ0v) is 24.0. The Morgan fingerprint density at radius 3 is 2.44 bits per heavy atom. The van der Waals surface area contributed by atoms with Gasteiger partial charge in [-0.15, -0.1) is 0 Å². The molecule has 3 aromatic rings. The van der Waals surface area contributed by atoms with Crippen molar-refractivity contribution in [1.29, 1.82) is 0 Å². The number of nitrogens with zero attached hydrogens (tertiary/aromatic N) is 5. The number of hydrogen-bond acceptors (Lipinski definition) is 9. The summed E-state index contributed by atoms with van der Waals surface area (Å²) in [5, 5.41) is 13.0. The molecule has 2 N–H and O–H groups in total. The number of hydrogen-bond donors (Lipinski definition) is 2. The van der Waals surface area contributed by atoms with Crippen LogP contribution < -0.4 is 15.0 Å². The highest BCUT2D eigenvalue weighted by molar-refractivity contribution is 5.79. The normalized spacial score (nSPS) is 22.6. The van der Waals surface area contributed by atoms with E-state index < -0.39 is 12.2 Å². The number of rotatable bonds is 9. The number of nitrogens with one attached hydrogen (secondary N) is 1. The third-order valence-corrected chi connectivity index (χ3v) is 8.67. The second kappa shape index (κ2) is 13.5. The summed E-state index contributed by atoms with van der Waals surface area (Å²) in [4.78, 5) is 28.5. The molecule has 1 saturated carbocycles. The van der Waals surface area contributed by atoms with Crippen molar-refractivity contribution >= 4 is 22.9 Å². The third kappa shape index (κ3) is 6.73. The molecule has 0 radical (unpaired) electrons. The van der Waals surface area contributed by atoms with Gasteiger partial charge in [0.25, 0.3) is 6.43 Å². The Labute approximate surface area is 248 Å². The number of aliphatic hydroxyl groups excluding tert-OH is 1. The highest BCUT2D eigenvalue weighted by atomic mass is 19.3. The van der Waals surface area contributed by atoms with Gasteiger partial charge in [0, 0.05) is 38.3 Å². The fourth-order valence-corrected chi connectivity index (χ4v) is 6.26. The van der Waals surface area contributed by atoms with Gasteiger partial charge in [0.1, 0.15) is 11.9 Å². The lowest BCUT2D eigenvalue weighted by Crippen LogP contribution is -2.47. The number of para-hydroxylation sites is 2. The molecule has 1 amide bonds. The first-order valence-corrected chi connectivity index (χ1v) is 15.1. The predicted molar refractivity (Wildman–Crippen MR) is 154 cm³/mol. The number of imidazole rings is 1. The number of benzene rings is 1. The van der Waals surface area contributed by atoms with Crippen LogP contribution in [0.2, 0.25) is 0 Å². The van der Waals surface area contributed by atoms with E-state index in [0.29, 0.717) is 82.2 Å². The number of aliphatic hydroxyl groups is 1. The fraction of sp³-hybridized carbons (Fsp3) is 0.600. The Bertz CT molecular complexity index is 1390. The van der Waals surface area contributed by atoms with Crippen molar-refractivity contribution in [2.75, 3.05) is 51.0 Å². The van der Waals surface area contributed by atoms with E-state index in [4.69, 9.17) is 14.2 Å². The maximum Gasteiger partial charge on any atom is 0.296 e. The van der Waals surface area contributed by atoms with Crippen LogP contribution in [0, 0.1) is 11.8 Å². The molecule has 1 unspecified atom stereocenters. The van der Waals surface area contributed by atoms with Crippen LogP contribution in [0.5, 0.6) is 5.88 Å². The molecule has 43 heavy (non-hydrogen) atoms. The highest BCUT2D eigenvalue weighted by Gasteiger charge is 2.32. The first kappa shape index (κ1) is 29.6. The van der Waals surface area contributed by atoms with Gasteiger partial charge in [-0.05, 0) is 56.6 Å². The molecule has 0 bridgehead atoms. The maximum absolute atomic E-state index is 14.2. The van der Waals surface area contributed by atoms with Crippen LogP contribution in [-0.2, 0) is 14.3 Å². The zero-order chi connectivity index (χ0) is 29.8. The summed E-state index contributed by atoms with van der Waals surface area (Å²) >= 11 is 0. The topological polar surface area (TPSA) is 124 Å². The van der Waals surface area contributed by atoms with Crippen molar-refractivity contribution in [3.05, 3.63) is 36.2 Å². The molecule has 3 aliphatic rings. The number of aromatic nitrogens is 4. The molecule has 1 aliphatic carbocycles. The first-order valence-electron chi connectivity index (χ1n) is 15.1. The Kier molecular flexibility index (Phi) is 9.29. The van der Waals surface area contributed by atoms with Crippen LogP contribution in [0.15, 0.2) is 30.3 Å². The molecule has 2 saturated heterocycles. The molecule has 2 aromatic heterocycles. The van der Waals surface area contributed by atoms with Gasteiger partial charge >= 0.3 is 0 Å². The Balaban J connectivity index is 1.19. The van der Waals surface area contributed by atoms with Gasteiger partial charge in [0.2, 0.25) is 17.7 Å². The van der Waals surface area contributed by atoms with E-state index in [1.165, 1.54) is 4.57 Å². The Morgan fingerprint density at radius 2 is 1.72 bits per heavy atom. The van der Waals surface area contributed by atoms with E-state index in [-0.39, 0.29) is 48.2 Å². The summed E-state index contributed by atoms with van der Waals surface area (Å²) in [6.07, 6.45) is 1.21. The van der Waals surface area contributed by atoms with E-state index in [0.717, 1.165) is 12.8 Å². The van der Waals surface area contributed by atoms with Gasteiger partial charge in [-0.1, -0.05) is 12.1 Å². The molecule has 0 spiro atoms. The standard InChI is InChI=1S/C30H38F2N6O5/c31-27(32)28-33-22-3-1-2-4-24(22)38(28)25-17-26(36-30(35-25)37-11-15-42-16-12-37)43-21-7-5-20(6-8-21)29(40)34-23(18-39)19-9-13-41-14-10-19/h1-4,17,19-21,23,27,39H,5-16,18H2,(H,34,40)/t20-,21-,23?. The smallest absolute Gasteiger partial charge is 0.296 e. The van der Waals surface area contributed by atoms with Crippen molar-refractivity contribution in [1.82, 2.24) is 24.8 Å². The van der Waals surface area contributed by atoms with Crippen LogP contribution in [0.1, 0.15) is 50.8 Å². The van der Waals surface area contributed by atoms with Gasteiger partial charge in [-0.2, -0.15) is 9.97 Å². The summed E-state index contributed by atoms with van der Waals surface area (Å²) in [5.41, 5.74) is 0.965. The molecule has 2 aliphatic heterocycles. The number of alkyl halides is 2. The van der Waals surface area contributed by atoms with Gasteiger partial charge in [0.15, 0.2) is 5.82 Å². The lowest BCUT2D eigenvalue weighted by Gasteiger charge is -2.33. The zero-order valence-electron chi connectivity index (χ0n) is 24.0. The average Bonchev–Trinajstić information content (AvgIpc) is 3.45. The summed E-state index contributed by atoms with van der Waals surface area (Å²) in [7, 11) is 0. The van der Waals surface area contributed by atoms with E-state index in [2.05, 4.69) is 20.3 Å². The van der Waals surface area contributed by atoms with Crippen molar-refractivity contribution in [2.24, 2.45) is 11.8 Å². The number of ether oxygens (including phenoxy) is 3. The van der Waals surface area contributed by atoms with Crippen molar-refractivity contribution in [3.63, 3.8) is 0 Å². The van der Waals surface area contributed by atoms with Crippen LogP contribution in [0.4, 0.5) is 14.7 Å². The minimum atomic E-state index is -2.81. The maximum atomic E-state index is 14.2. The molecule has 3 fully saturated rings. The van der Waals surface area contributed by atoms with Crippen LogP contribution >= 0.6 is 0 Å². The molecule has 6 rings (SSSR count). The first-order chi connectivity index (χ1) is 21.0. The van der Waals surface area contributed by atoms with E-state index in [1.54, 1.807) is 30.3 Å². The Morgan fingerprint density at radius 1 is 1.00 bits per heavy atom. The van der Waals surface area contributed by atoms with Crippen molar-refractivity contribution in [3.8, 4) is 11.7 Å². The summed E-state index contributed by atoms with van der Waals surface area (Å²) < 4.78 is 46.9. The van der Waals surface area contributed by atoms with Gasteiger partial charge in [0.05, 0.1) is 36.9 Å². The molecule has 1 aromatic carbocycles. The van der Waals surface area contributed by atoms with Crippen LogP contribution in [0.3, 0.4) is 0 Å². The van der Waals surface area contributed by atoms with Crippen molar-refractivity contribution < 1.29 is 32.9 Å². The minimum Gasteiger partial charge on any atom is -0.474 e.